The van der Waals surface area contributed by atoms with Gasteiger partial charge < -0.3 is 9.84 Å². The summed E-state index contributed by atoms with van der Waals surface area (Å²) in [5, 5.41) is 9.38. The molecule has 2 nitrogen and oxygen atoms in total. The molecule has 0 aromatic heterocycles. The largest absolute Gasteiger partial charge is 0.396 e. The second-order valence-corrected chi connectivity index (χ2v) is 11.1. The number of rotatable bonds is 16. The summed E-state index contributed by atoms with van der Waals surface area (Å²) in [5.41, 5.74) is 5.52. The van der Waals surface area contributed by atoms with Crippen molar-refractivity contribution in [3.05, 3.63) is 59.7 Å². The Hall–Kier alpha value is -1.64. The maximum Gasteiger partial charge on any atom is 0.0512 e. The molecule has 1 N–H and O–H groups in total. The lowest BCUT2D eigenvalue weighted by atomic mass is 9.78. The third-order valence-corrected chi connectivity index (χ3v) is 8.25. The summed E-state index contributed by atoms with van der Waals surface area (Å²) in [6.07, 6.45) is 18.6. The van der Waals surface area contributed by atoms with Gasteiger partial charge >= 0.3 is 0 Å². The van der Waals surface area contributed by atoms with Crippen molar-refractivity contribution in [1.29, 1.82) is 0 Å². The van der Waals surface area contributed by atoms with Gasteiger partial charge in [0.25, 0.3) is 0 Å². The Balaban J connectivity index is 1.36. The van der Waals surface area contributed by atoms with Crippen LogP contribution in [0.2, 0.25) is 0 Å². The lowest BCUT2D eigenvalue weighted by Crippen LogP contribution is -2.15. The molecule has 0 saturated heterocycles. The van der Waals surface area contributed by atoms with Crippen molar-refractivity contribution in [2.75, 3.05) is 20.3 Å². The second kappa shape index (κ2) is 16.2. The average Bonchev–Trinajstić information content (AvgIpc) is 2.91. The highest BCUT2D eigenvalue weighted by atomic mass is 16.5. The summed E-state index contributed by atoms with van der Waals surface area (Å²) in [6.45, 7) is 3.19. The van der Waals surface area contributed by atoms with Gasteiger partial charge in [-0.05, 0) is 66.2 Å². The number of aliphatic hydroxyl groups excluding tert-OH is 1. The van der Waals surface area contributed by atoms with E-state index in [1.165, 1.54) is 86.5 Å². The minimum absolute atomic E-state index is 0.224. The van der Waals surface area contributed by atoms with Gasteiger partial charge in [0.2, 0.25) is 0 Å². The molecule has 0 spiro atoms. The van der Waals surface area contributed by atoms with Gasteiger partial charge in [0, 0.05) is 19.6 Å². The van der Waals surface area contributed by atoms with Gasteiger partial charge in [0.05, 0.1) is 6.61 Å². The average molecular weight is 479 g/mol. The molecule has 1 aliphatic rings. The van der Waals surface area contributed by atoms with Crippen LogP contribution in [0.4, 0.5) is 0 Å². The minimum Gasteiger partial charge on any atom is -0.396 e. The standard InChI is InChI=1S/C33H50O2/c1-3-4-5-8-27-11-13-29(14-12-27)15-16-30-19-23-33(24-20-30)32-21-17-28(18-22-32)9-6-7-10-31(25-34)26-35-2/h17-24,27,29,31,34H,3-16,25-26H2,1-2H3. The first-order valence-electron chi connectivity index (χ1n) is 14.5. The molecule has 2 heteroatoms. The lowest BCUT2D eigenvalue weighted by Gasteiger charge is -2.28. The molecule has 1 fully saturated rings. The number of methoxy groups -OCH3 is 1. The third-order valence-electron chi connectivity index (χ3n) is 8.25. The Morgan fingerprint density at radius 1 is 0.743 bits per heavy atom. The Morgan fingerprint density at radius 2 is 1.31 bits per heavy atom. The van der Waals surface area contributed by atoms with Crippen LogP contribution in [0.1, 0.15) is 95.1 Å². The summed E-state index contributed by atoms with van der Waals surface area (Å²) in [6, 6.07) is 18.4. The SMILES string of the molecule is CCCCCC1CCC(CCc2ccc(-c3ccc(CCCCC(CO)COC)cc3)cc2)CC1. The van der Waals surface area contributed by atoms with Gasteiger partial charge in [-0.3, -0.25) is 0 Å². The van der Waals surface area contributed by atoms with E-state index in [0.717, 1.165) is 37.5 Å². The molecular weight excluding hydrogens is 428 g/mol. The molecule has 194 valence electrons. The Bertz CT molecular complexity index is 787. The number of aliphatic hydroxyl groups is 1. The summed E-state index contributed by atoms with van der Waals surface area (Å²) < 4.78 is 5.17. The molecule has 0 radical (unpaired) electrons. The molecule has 1 aliphatic carbocycles. The predicted molar refractivity (Wildman–Crippen MR) is 150 cm³/mol. The van der Waals surface area contributed by atoms with E-state index in [-0.39, 0.29) is 12.5 Å². The van der Waals surface area contributed by atoms with Crippen LogP contribution in [0.15, 0.2) is 48.5 Å². The van der Waals surface area contributed by atoms with Gasteiger partial charge in [0.1, 0.15) is 0 Å². The molecule has 2 aromatic carbocycles. The molecule has 3 rings (SSSR count). The van der Waals surface area contributed by atoms with Crippen molar-refractivity contribution in [2.45, 2.75) is 96.8 Å². The second-order valence-electron chi connectivity index (χ2n) is 11.1. The zero-order chi connectivity index (χ0) is 24.7. The van der Waals surface area contributed by atoms with Crippen LogP contribution in [-0.2, 0) is 17.6 Å². The normalized spacial score (nSPS) is 19.1. The van der Waals surface area contributed by atoms with Crippen molar-refractivity contribution in [3.8, 4) is 11.1 Å². The number of aryl methyl sites for hydroxylation is 2. The fourth-order valence-electron chi connectivity index (χ4n) is 5.82. The number of hydrogen-bond donors (Lipinski definition) is 1. The quantitative estimate of drug-likeness (QED) is 0.245. The molecule has 35 heavy (non-hydrogen) atoms. The number of ether oxygens (including phenoxy) is 1. The van der Waals surface area contributed by atoms with Crippen LogP contribution >= 0.6 is 0 Å². The Morgan fingerprint density at radius 3 is 1.86 bits per heavy atom. The van der Waals surface area contributed by atoms with E-state index in [9.17, 15) is 5.11 Å². The molecule has 1 unspecified atom stereocenters. The molecule has 1 atom stereocenters. The first-order chi connectivity index (χ1) is 17.2. The molecule has 0 bridgehead atoms. The smallest absolute Gasteiger partial charge is 0.0512 e. The highest BCUT2D eigenvalue weighted by Gasteiger charge is 2.20. The number of unbranched alkanes of at least 4 members (excludes halogenated alkanes) is 3. The van der Waals surface area contributed by atoms with Crippen molar-refractivity contribution >= 4 is 0 Å². The molecule has 2 aromatic rings. The van der Waals surface area contributed by atoms with Gasteiger partial charge in [0.15, 0.2) is 0 Å². The van der Waals surface area contributed by atoms with Gasteiger partial charge in [-0.1, -0.05) is 113 Å². The van der Waals surface area contributed by atoms with E-state index < -0.39 is 0 Å². The van der Waals surface area contributed by atoms with E-state index >= 15 is 0 Å². The monoisotopic (exact) mass is 478 g/mol. The van der Waals surface area contributed by atoms with E-state index in [2.05, 4.69) is 55.5 Å². The molecule has 0 amide bonds. The third kappa shape index (κ3) is 10.1. The lowest BCUT2D eigenvalue weighted by molar-refractivity contribution is 0.104. The summed E-state index contributed by atoms with van der Waals surface area (Å²) in [5.74, 6) is 2.24. The molecule has 1 saturated carbocycles. The predicted octanol–water partition coefficient (Wildman–Crippen LogP) is 8.64. The van der Waals surface area contributed by atoms with Crippen molar-refractivity contribution in [1.82, 2.24) is 0 Å². The van der Waals surface area contributed by atoms with Crippen LogP contribution in [0, 0.1) is 17.8 Å². The highest BCUT2D eigenvalue weighted by Crippen LogP contribution is 2.34. The van der Waals surface area contributed by atoms with Gasteiger partial charge in [-0.2, -0.15) is 0 Å². The van der Waals surface area contributed by atoms with Crippen LogP contribution < -0.4 is 0 Å². The highest BCUT2D eigenvalue weighted by molar-refractivity contribution is 5.64. The first kappa shape index (κ1) is 27.9. The van der Waals surface area contributed by atoms with Crippen LogP contribution in [0.3, 0.4) is 0 Å². The summed E-state index contributed by atoms with van der Waals surface area (Å²) in [4.78, 5) is 0. The van der Waals surface area contributed by atoms with Gasteiger partial charge in [-0.15, -0.1) is 0 Å². The molecule has 0 aliphatic heterocycles. The summed E-state index contributed by atoms with van der Waals surface area (Å²) in [7, 11) is 1.71. The maximum absolute atomic E-state index is 9.38. The Kier molecular flexibility index (Phi) is 12.9. The Labute approximate surface area is 215 Å². The molecular formula is C33H50O2. The van der Waals surface area contributed by atoms with Crippen molar-refractivity contribution in [3.63, 3.8) is 0 Å². The molecule has 0 heterocycles. The van der Waals surface area contributed by atoms with E-state index in [0.29, 0.717) is 6.61 Å². The van der Waals surface area contributed by atoms with E-state index in [4.69, 9.17) is 4.74 Å². The van der Waals surface area contributed by atoms with E-state index in [1.807, 2.05) is 0 Å². The van der Waals surface area contributed by atoms with Crippen LogP contribution in [0.25, 0.3) is 11.1 Å². The number of benzene rings is 2. The van der Waals surface area contributed by atoms with Crippen LogP contribution in [0.5, 0.6) is 0 Å². The zero-order valence-corrected chi connectivity index (χ0v) is 22.5. The van der Waals surface area contributed by atoms with Crippen molar-refractivity contribution in [2.24, 2.45) is 17.8 Å². The fraction of sp³-hybridized carbons (Fsp3) is 0.636. The number of hydrogen-bond acceptors (Lipinski definition) is 2. The zero-order valence-electron chi connectivity index (χ0n) is 22.5. The topological polar surface area (TPSA) is 29.5 Å². The maximum atomic E-state index is 9.38. The fourth-order valence-corrected chi connectivity index (χ4v) is 5.82. The minimum atomic E-state index is 0.224. The van der Waals surface area contributed by atoms with Crippen LogP contribution in [-0.4, -0.2) is 25.4 Å². The first-order valence-corrected chi connectivity index (χ1v) is 14.5. The van der Waals surface area contributed by atoms with E-state index in [1.54, 1.807) is 7.11 Å². The van der Waals surface area contributed by atoms with Gasteiger partial charge in [-0.25, -0.2) is 0 Å². The van der Waals surface area contributed by atoms with Crippen molar-refractivity contribution < 1.29 is 9.84 Å². The summed E-state index contributed by atoms with van der Waals surface area (Å²) >= 11 is 0.